The first-order chi connectivity index (χ1) is 9.29. The van der Waals surface area contributed by atoms with Gasteiger partial charge in [-0.2, -0.15) is 0 Å². The van der Waals surface area contributed by atoms with Gasteiger partial charge in [0.1, 0.15) is 17.3 Å². The average molecular weight is 272 g/mol. The monoisotopic (exact) mass is 272 g/mol. The molecule has 5 heteroatoms. The highest BCUT2D eigenvalue weighted by Gasteiger charge is 2.12. The van der Waals surface area contributed by atoms with Crippen LogP contribution in [0.1, 0.15) is 5.82 Å². The van der Waals surface area contributed by atoms with Gasteiger partial charge in [0.15, 0.2) is 0 Å². The Morgan fingerprint density at radius 2 is 2.11 bits per heavy atom. The summed E-state index contributed by atoms with van der Waals surface area (Å²) in [5.41, 5.74) is 1.84. The summed E-state index contributed by atoms with van der Waals surface area (Å²) in [7, 11) is 1.58. The zero-order valence-corrected chi connectivity index (χ0v) is 11.2. The predicted octanol–water partition coefficient (Wildman–Crippen LogP) is 2.80. The first kappa shape index (κ1) is 12.1. The third kappa shape index (κ3) is 2.18. The van der Waals surface area contributed by atoms with Gasteiger partial charge in [0.2, 0.25) is 0 Å². The summed E-state index contributed by atoms with van der Waals surface area (Å²) in [5.74, 6) is 0.557. The van der Waals surface area contributed by atoms with E-state index in [9.17, 15) is 4.79 Å². The second-order valence-corrected chi connectivity index (χ2v) is 5.00. The van der Waals surface area contributed by atoms with Gasteiger partial charge in [0, 0.05) is 18.1 Å². The molecule has 0 bridgehead atoms. The number of benzene rings is 1. The van der Waals surface area contributed by atoms with E-state index in [1.54, 1.807) is 7.11 Å². The van der Waals surface area contributed by atoms with Gasteiger partial charge in [-0.05, 0) is 5.56 Å². The topological polar surface area (TPSA) is 55.0 Å². The SMILES string of the molecule is COCc1nc2scc(-c3ccccc3)c2c(=O)[nH]1. The molecule has 0 saturated heterocycles. The third-order valence-electron chi connectivity index (χ3n) is 2.86. The third-order valence-corrected chi connectivity index (χ3v) is 3.73. The molecule has 96 valence electrons. The lowest BCUT2D eigenvalue weighted by atomic mass is 10.1. The molecule has 4 nitrogen and oxygen atoms in total. The summed E-state index contributed by atoms with van der Waals surface area (Å²) >= 11 is 1.48. The summed E-state index contributed by atoms with van der Waals surface area (Å²) in [6.07, 6.45) is 0. The number of nitrogens with one attached hydrogen (secondary N) is 1. The Kier molecular flexibility index (Phi) is 3.15. The van der Waals surface area contributed by atoms with Gasteiger partial charge >= 0.3 is 0 Å². The molecule has 2 heterocycles. The molecule has 19 heavy (non-hydrogen) atoms. The van der Waals surface area contributed by atoms with E-state index in [1.807, 2.05) is 35.7 Å². The molecule has 0 unspecified atom stereocenters. The van der Waals surface area contributed by atoms with Gasteiger partial charge in [0.05, 0.1) is 5.39 Å². The zero-order valence-electron chi connectivity index (χ0n) is 10.3. The lowest BCUT2D eigenvalue weighted by molar-refractivity contribution is 0.178. The molecule has 0 aliphatic carbocycles. The van der Waals surface area contributed by atoms with Crippen molar-refractivity contribution in [2.75, 3.05) is 7.11 Å². The van der Waals surface area contributed by atoms with Crippen LogP contribution in [0.2, 0.25) is 0 Å². The summed E-state index contributed by atoms with van der Waals surface area (Å²) in [4.78, 5) is 20.1. The average Bonchev–Trinajstić information content (AvgIpc) is 2.84. The van der Waals surface area contributed by atoms with Crippen LogP contribution in [0.15, 0.2) is 40.5 Å². The lowest BCUT2D eigenvalue weighted by Gasteiger charge is -2.01. The van der Waals surface area contributed by atoms with E-state index in [0.29, 0.717) is 17.8 Å². The molecule has 0 spiro atoms. The Labute approximate surface area is 113 Å². The fourth-order valence-corrected chi connectivity index (χ4v) is 3.00. The van der Waals surface area contributed by atoms with E-state index in [4.69, 9.17) is 4.74 Å². The van der Waals surface area contributed by atoms with E-state index < -0.39 is 0 Å². The number of rotatable bonds is 3. The van der Waals surface area contributed by atoms with E-state index in [1.165, 1.54) is 11.3 Å². The number of ether oxygens (including phenoxy) is 1. The molecule has 3 rings (SSSR count). The lowest BCUT2D eigenvalue weighted by Crippen LogP contribution is -2.11. The van der Waals surface area contributed by atoms with Gasteiger partial charge in [-0.1, -0.05) is 30.3 Å². The van der Waals surface area contributed by atoms with Crippen LogP contribution in [0.3, 0.4) is 0 Å². The number of hydrogen-bond donors (Lipinski definition) is 1. The van der Waals surface area contributed by atoms with Gasteiger partial charge < -0.3 is 9.72 Å². The number of nitrogens with zero attached hydrogens (tertiary/aromatic N) is 1. The van der Waals surface area contributed by atoms with Crippen molar-refractivity contribution in [1.82, 2.24) is 9.97 Å². The Morgan fingerprint density at radius 1 is 1.32 bits per heavy atom. The van der Waals surface area contributed by atoms with E-state index >= 15 is 0 Å². The van der Waals surface area contributed by atoms with E-state index in [-0.39, 0.29) is 5.56 Å². The van der Waals surface area contributed by atoms with Crippen LogP contribution >= 0.6 is 11.3 Å². The highest BCUT2D eigenvalue weighted by atomic mass is 32.1. The van der Waals surface area contributed by atoms with Gasteiger partial charge in [-0.3, -0.25) is 4.79 Å². The highest BCUT2D eigenvalue weighted by Crippen LogP contribution is 2.30. The van der Waals surface area contributed by atoms with Crippen molar-refractivity contribution in [2.45, 2.75) is 6.61 Å². The van der Waals surface area contributed by atoms with Crippen molar-refractivity contribution >= 4 is 21.6 Å². The van der Waals surface area contributed by atoms with Gasteiger partial charge in [-0.15, -0.1) is 11.3 Å². The summed E-state index contributed by atoms with van der Waals surface area (Å²) < 4.78 is 5.00. The van der Waals surface area contributed by atoms with Crippen molar-refractivity contribution in [1.29, 1.82) is 0 Å². The van der Waals surface area contributed by atoms with Crippen molar-refractivity contribution in [3.8, 4) is 11.1 Å². The number of aromatic amines is 1. The molecular formula is C14H12N2O2S. The maximum Gasteiger partial charge on any atom is 0.260 e. The predicted molar refractivity (Wildman–Crippen MR) is 76.4 cm³/mol. The molecule has 0 radical (unpaired) electrons. The number of H-pyrrole nitrogens is 1. The van der Waals surface area contributed by atoms with Crippen LogP contribution in [-0.2, 0) is 11.3 Å². The Balaban J connectivity index is 2.22. The quantitative estimate of drug-likeness (QED) is 0.797. The highest BCUT2D eigenvalue weighted by molar-refractivity contribution is 7.17. The maximum absolute atomic E-state index is 12.2. The van der Waals surface area contributed by atoms with Crippen LogP contribution in [0.4, 0.5) is 0 Å². The molecule has 0 atom stereocenters. The summed E-state index contributed by atoms with van der Waals surface area (Å²) in [5, 5.41) is 2.62. The van der Waals surface area contributed by atoms with Crippen LogP contribution in [0.25, 0.3) is 21.3 Å². The minimum Gasteiger partial charge on any atom is -0.377 e. The second-order valence-electron chi connectivity index (χ2n) is 4.14. The molecule has 0 saturated carbocycles. The van der Waals surface area contributed by atoms with Crippen molar-refractivity contribution < 1.29 is 4.74 Å². The minimum absolute atomic E-state index is 0.114. The van der Waals surface area contributed by atoms with Crippen LogP contribution in [0, 0.1) is 0 Å². The number of fused-ring (bicyclic) bond motifs is 1. The van der Waals surface area contributed by atoms with Crippen molar-refractivity contribution in [3.05, 3.63) is 51.9 Å². The zero-order chi connectivity index (χ0) is 13.2. The Morgan fingerprint density at radius 3 is 2.84 bits per heavy atom. The molecule has 1 aromatic carbocycles. The normalized spacial score (nSPS) is 11.0. The van der Waals surface area contributed by atoms with Crippen molar-refractivity contribution in [2.24, 2.45) is 0 Å². The summed E-state index contributed by atoms with van der Waals surface area (Å²) in [6.45, 7) is 0.309. The molecule has 0 amide bonds. The first-order valence-corrected chi connectivity index (χ1v) is 6.72. The number of hydrogen-bond acceptors (Lipinski definition) is 4. The molecule has 0 fully saturated rings. The molecular weight excluding hydrogens is 260 g/mol. The molecule has 1 N–H and O–H groups in total. The fraction of sp³-hybridized carbons (Fsp3) is 0.143. The second kappa shape index (κ2) is 4.95. The summed E-state index contributed by atoms with van der Waals surface area (Å²) in [6, 6.07) is 9.85. The maximum atomic E-state index is 12.2. The fourth-order valence-electron chi connectivity index (χ4n) is 2.03. The molecule has 2 aromatic heterocycles. The number of aromatic nitrogens is 2. The molecule has 0 aliphatic heterocycles. The Hall–Kier alpha value is -1.98. The van der Waals surface area contributed by atoms with Crippen LogP contribution in [0.5, 0.6) is 0 Å². The minimum atomic E-state index is -0.114. The van der Waals surface area contributed by atoms with E-state index in [2.05, 4.69) is 9.97 Å². The van der Waals surface area contributed by atoms with Gasteiger partial charge in [0.25, 0.3) is 5.56 Å². The van der Waals surface area contributed by atoms with Crippen LogP contribution in [-0.4, -0.2) is 17.1 Å². The largest absolute Gasteiger partial charge is 0.377 e. The molecule has 3 aromatic rings. The molecule has 0 aliphatic rings. The standard InChI is InChI=1S/C14H12N2O2S/c1-18-7-11-15-13(17)12-10(8-19-14(12)16-11)9-5-3-2-4-6-9/h2-6,8H,7H2,1H3,(H,15,16,17). The number of thiophene rings is 1. The number of methoxy groups -OCH3 is 1. The first-order valence-electron chi connectivity index (χ1n) is 5.84. The van der Waals surface area contributed by atoms with Gasteiger partial charge in [-0.25, -0.2) is 4.98 Å². The van der Waals surface area contributed by atoms with Crippen molar-refractivity contribution in [3.63, 3.8) is 0 Å². The Bertz CT molecular complexity index is 762. The van der Waals surface area contributed by atoms with Crippen LogP contribution < -0.4 is 5.56 Å². The van der Waals surface area contributed by atoms with E-state index in [0.717, 1.165) is 16.0 Å². The smallest absolute Gasteiger partial charge is 0.260 e.